The Kier molecular flexibility index (Phi) is 5.43. The van der Waals surface area contributed by atoms with Gasteiger partial charge in [0.1, 0.15) is 0 Å². The van der Waals surface area contributed by atoms with Crippen LogP contribution in [0.25, 0.3) is 10.8 Å². The maximum Gasteiger partial charge on any atom is 0.488 e. The van der Waals surface area contributed by atoms with Gasteiger partial charge in [-0.25, -0.2) is 0 Å². The Morgan fingerprint density at radius 3 is 1.77 bits per heavy atom. The molecule has 0 fully saturated rings. The molecule has 0 heterocycles. The average Bonchev–Trinajstić information content (AvgIpc) is 2.48. The summed E-state index contributed by atoms with van der Waals surface area (Å²) in [7, 11) is -1.38. The van der Waals surface area contributed by atoms with Gasteiger partial charge in [-0.05, 0) is 35.1 Å². The Hall–Kier alpha value is -2.02. The van der Waals surface area contributed by atoms with E-state index in [9.17, 15) is 0 Å². The molecule has 0 amide bonds. The molecule has 0 saturated heterocycles. The normalized spacial score (nSPS) is 9.95. The van der Waals surface area contributed by atoms with Crippen LogP contribution in [0.4, 0.5) is 11.4 Å². The van der Waals surface area contributed by atoms with Crippen LogP contribution < -0.4 is 16.9 Å². The van der Waals surface area contributed by atoms with Crippen LogP contribution in [-0.4, -0.2) is 17.2 Å². The average molecular weight is 359 g/mol. The molecule has 0 aromatic heterocycles. The van der Waals surface area contributed by atoms with E-state index >= 15 is 0 Å². The largest absolute Gasteiger partial charge is 0.488 e. The van der Waals surface area contributed by atoms with Gasteiger partial charge in [-0.3, -0.25) is 0 Å². The van der Waals surface area contributed by atoms with Crippen molar-refractivity contribution in [3.8, 4) is 0 Å². The zero-order valence-electron chi connectivity index (χ0n) is 11.8. The number of rotatable bonds is 1. The first kappa shape index (κ1) is 16.4. The van der Waals surface area contributed by atoms with Crippen molar-refractivity contribution in [3.63, 3.8) is 0 Å². The lowest BCUT2D eigenvalue weighted by Gasteiger charge is -2.03. The second-order valence-electron chi connectivity index (χ2n) is 4.72. The fraction of sp³-hybridized carbons (Fsp3) is 0. The second kappa shape index (κ2) is 7.31. The summed E-state index contributed by atoms with van der Waals surface area (Å²) < 4.78 is 0.845. The number of nitrogens with two attached hydrogens (primary N) is 2. The summed E-state index contributed by atoms with van der Waals surface area (Å²) in [5.41, 5.74) is 13.5. The van der Waals surface area contributed by atoms with E-state index in [2.05, 4.69) is 15.9 Å². The fourth-order valence-corrected chi connectivity index (χ4v) is 2.48. The number of hydrogen-bond acceptors (Lipinski definition) is 4. The highest BCUT2D eigenvalue weighted by Crippen LogP contribution is 2.25. The topological polar surface area (TPSA) is 92.5 Å². The van der Waals surface area contributed by atoms with Gasteiger partial charge >= 0.3 is 7.12 Å². The van der Waals surface area contributed by atoms with Crippen molar-refractivity contribution in [2.45, 2.75) is 0 Å². The molecule has 0 spiro atoms. The lowest BCUT2D eigenvalue weighted by Crippen LogP contribution is -2.29. The Balaban J connectivity index is 0.000000164. The molecular weight excluding hydrogens is 343 g/mol. The van der Waals surface area contributed by atoms with Crippen molar-refractivity contribution in [3.05, 3.63) is 65.1 Å². The minimum Gasteiger partial charge on any atom is -0.423 e. The van der Waals surface area contributed by atoms with E-state index in [1.165, 1.54) is 0 Å². The molecule has 4 nitrogen and oxygen atoms in total. The van der Waals surface area contributed by atoms with Crippen molar-refractivity contribution in [1.29, 1.82) is 0 Å². The Bertz CT molecular complexity index is 744. The Morgan fingerprint density at radius 2 is 1.36 bits per heavy atom. The summed E-state index contributed by atoms with van der Waals surface area (Å²) in [5.74, 6) is 0. The van der Waals surface area contributed by atoms with Crippen LogP contribution in [0.15, 0.2) is 65.1 Å². The summed E-state index contributed by atoms with van der Waals surface area (Å²) in [6.07, 6.45) is 0. The third-order valence-corrected chi connectivity index (χ3v) is 3.61. The molecule has 6 N–H and O–H groups in total. The summed E-state index contributed by atoms with van der Waals surface area (Å²) in [6.45, 7) is 0. The lowest BCUT2D eigenvalue weighted by molar-refractivity contribution is 0.426. The molecule has 6 heteroatoms. The summed E-state index contributed by atoms with van der Waals surface area (Å²) in [6, 6.07) is 18.5. The highest BCUT2D eigenvalue weighted by molar-refractivity contribution is 9.10. The van der Waals surface area contributed by atoms with Crippen molar-refractivity contribution in [2.75, 3.05) is 11.5 Å². The molecule has 112 valence electrons. The van der Waals surface area contributed by atoms with Crippen molar-refractivity contribution in [1.82, 2.24) is 0 Å². The molecule has 0 atom stereocenters. The molecule has 0 aliphatic carbocycles. The zero-order valence-corrected chi connectivity index (χ0v) is 13.4. The predicted octanol–water partition coefficient (Wildman–Crippen LogP) is 2.13. The molecule has 3 rings (SSSR count). The highest BCUT2D eigenvalue weighted by Gasteiger charge is 2.09. The van der Waals surface area contributed by atoms with E-state index < -0.39 is 7.12 Å². The van der Waals surface area contributed by atoms with Crippen molar-refractivity contribution >= 4 is 50.7 Å². The Morgan fingerprint density at radius 1 is 0.818 bits per heavy atom. The quantitative estimate of drug-likeness (QED) is 0.396. The zero-order chi connectivity index (χ0) is 16.1. The Labute approximate surface area is 137 Å². The monoisotopic (exact) mass is 358 g/mol. The van der Waals surface area contributed by atoms with Crippen LogP contribution in [0.1, 0.15) is 0 Å². The smallest absolute Gasteiger partial charge is 0.423 e. The first-order valence-electron chi connectivity index (χ1n) is 6.63. The lowest BCUT2D eigenvalue weighted by atomic mass is 9.81. The van der Waals surface area contributed by atoms with Gasteiger partial charge in [0.2, 0.25) is 0 Å². The minimum absolute atomic E-state index is 0.495. The summed E-state index contributed by atoms with van der Waals surface area (Å²) in [5, 5.41) is 19.4. The molecule has 0 radical (unpaired) electrons. The van der Waals surface area contributed by atoms with Crippen LogP contribution in [0.3, 0.4) is 0 Å². The number of anilines is 2. The van der Waals surface area contributed by atoms with Crippen LogP contribution in [-0.2, 0) is 0 Å². The van der Waals surface area contributed by atoms with E-state index in [-0.39, 0.29) is 0 Å². The molecule has 0 unspecified atom stereocenters. The highest BCUT2D eigenvalue weighted by atomic mass is 79.9. The van der Waals surface area contributed by atoms with Gasteiger partial charge in [-0.15, -0.1) is 0 Å². The number of benzene rings is 3. The van der Waals surface area contributed by atoms with E-state index in [1.807, 2.05) is 42.5 Å². The first-order chi connectivity index (χ1) is 10.5. The molecule has 0 aliphatic rings. The summed E-state index contributed by atoms with van der Waals surface area (Å²) in [4.78, 5) is 0. The van der Waals surface area contributed by atoms with Crippen LogP contribution in [0.5, 0.6) is 0 Å². The number of fused-ring (bicyclic) bond motifs is 1. The summed E-state index contributed by atoms with van der Waals surface area (Å²) >= 11 is 3.21. The van der Waals surface area contributed by atoms with E-state index in [1.54, 1.807) is 18.2 Å². The van der Waals surface area contributed by atoms with Crippen LogP contribution in [0.2, 0.25) is 0 Å². The minimum atomic E-state index is -1.38. The van der Waals surface area contributed by atoms with Crippen molar-refractivity contribution in [2.24, 2.45) is 0 Å². The van der Waals surface area contributed by atoms with Crippen LogP contribution >= 0.6 is 15.9 Å². The SMILES string of the molecule is Nc1cccc2cccc(N)c12.OB(O)c1cccc(Br)c1. The van der Waals surface area contributed by atoms with Gasteiger partial charge in [0.05, 0.1) is 0 Å². The van der Waals surface area contributed by atoms with E-state index in [4.69, 9.17) is 21.5 Å². The maximum atomic E-state index is 8.68. The number of halogens is 1. The standard InChI is InChI=1S/C10H10N2.C6H6BBrO2/c11-8-5-1-3-7-4-2-6-9(12)10(7)8;8-6-3-1-2-5(4-6)7(9)10/h1-6H,11-12H2;1-4,9-10H. The fourth-order valence-electron chi connectivity index (χ4n) is 2.07. The molecule has 3 aromatic carbocycles. The predicted molar refractivity (Wildman–Crippen MR) is 96.7 cm³/mol. The van der Waals surface area contributed by atoms with Gasteiger partial charge in [0.25, 0.3) is 0 Å². The first-order valence-corrected chi connectivity index (χ1v) is 7.42. The van der Waals surface area contributed by atoms with Gasteiger partial charge in [-0.2, -0.15) is 0 Å². The van der Waals surface area contributed by atoms with Crippen molar-refractivity contribution < 1.29 is 10.0 Å². The molecule has 3 aromatic rings. The van der Waals surface area contributed by atoms with E-state index in [0.717, 1.165) is 26.6 Å². The molecular formula is C16H16BBrN2O2. The van der Waals surface area contributed by atoms with Gasteiger partial charge in [-0.1, -0.05) is 52.3 Å². The second-order valence-corrected chi connectivity index (χ2v) is 5.64. The maximum absolute atomic E-state index is 8.68. The third kappa shape index (κ3) is 4.01. The number of nitrogen functional groups attached to an aromatic ring is 2. The van der Waals surface area contributed by atoms with Gasteiger partial charge in [0.15, 0.2) is 0 Å². The van der Waals surface area contributed by atoms with E-state index in [0.29, 0.717) is 5.46 Å². The molecule has 0 saturated carbocycles. The molecule has 22 heavy (non-hydrogen) atoms. The molecule has 0 aliphatic heterocycles. The number of hydrogen-bond donors (Lipinski definition) is 4. The molecule has 0 bridgehead atoms. The van der Waals surface area contributed by atoms with Crippen LogP contribution in [0, 0.1) is 0 Å². The van der Waals surface area contributed by atoms with Gasteiger partial charge < -0.3 is 21.5 Å². The third-order valence-electron chi connectivity index (χ3n) is 3.12. The van der Waals surface area contributed by atoms with Gasteiger partial charge in [0, 0.05) is 21.2 Å².